The lowest BCUT2D eigenvalue weighted by Crippen LogP contribution is -2.34. The number of para-hydroxylation sites is 1. The van der Waals surface area contributed by atoms with Crippen LogP contribution in [0, 0.1) is 0 Å². The summed E-state index contributed by atoms with van der Waals surface area (Å²) in [5.74, 6) is -0.465. The average Bonchev–Trinajstić information content (AvgIpc) is 3.26. The third kappa shape index (κ3) is 3.56. The smallest absolute Gasteiger partial charge is 0.305 e. The Morgan fingerprint density at radius 2 is 2.12 bits per heavy atom. The molecular formula is C16H17ClN4O3. The molecule has 1 heterocycles. The lowest BCUT2D eigenvalue weighted by molar-refractivity contribution is -0.137. The molecule has 1 aliphatic rings. The van der Waals surface area contributed by atoms with Gasteiger partial charge in [-0.25, -0.2) is 9.67 Å². The lowest BCUT2D eigenvalue weighted by atomic mass is 10.2. The quantitative estimate of drug-likeness (QED) is 0.835. The number of carboxylic acids is 1. The number of hydrogen-bond donors (Lipinski definition) is 2. The molecule has 1 amide bonds. The third-order valence-corrected chi connectivity index (χ3v) is 4.04. The maximum Gasteiger partial charge on any atom is 0.305 e. The lowest BCUT2D eigenvalue weighted by Gasteiger charge is -2.09. The zero-order valence-electron chi connectivity index (χ0n) is 13.1. The summed E-state index contributed by atoms with van der Waals surface area (Å²) in [6, 6.07) is 6.72. The number of rotatable bonds is 6. The van der Waals surface area contributed by atoms with Crippen molar-refractivity contribution in [2.45, 2.75) is 38.1 Å². The minimum atomic E-state index is -0.976. The normalized spacial score (nSPS) is 15.1. The summed E-state index contributed by atoms with van der Waals surface area (Å²) in [6.45, 7) is 1.62. The number of hydrogen-bond acceptors (Lipinski definition) is 4. The molecule has 3 rings (SSSR count). The van der Waals surface area contributed by atoms with Crippen LogP contribution in [0.15, 0.2) is 24.3 Å². The highest BCUT2D eigenvalue weighted by molar-refractivity contribution is 6.32. The van der Waals surface area contributed by atoms with Gasteiger partial charge in [-0.05, 0) is 31.9 Å². The van der Waals surface area contributed by atoms with Gasteiger partial charge in [0, 0.05) is 12.0 Å². The van der Waals surface area contributed by atoms with Gasteiger partial charge in [0.2, 0.25) is 5.82 Å². The van der Waals surface area contributed by atoms with E-state index in [1.54, 1.807) is 17.7 Å². The number of halogens is 1. The fraction of sp³-hybridized carbons (Fsp3) is 0.375. The largest absolute Gasteiger partial charge is 0.481 e. The first kappa shape index (κ1) is 16.4. The van der Waals surface area contributed by atoms with E-state index >= 15 is 0 Å². The minimum Gasteiger partial charge on any atom is -0.481 e. The Morgan fingerprint density at radius 1 is 1.42 bits per heavy atom. The van der Waals surface area contributed by atoms with E-state index in [1.165, 1.54) is 0 Å². The first-order chi connectivity index (χ1) is 11.5. The van der Waals surface area contributed by atoms with Gasteiger partial charge in [0.1, 0.15) is 5.82 Å². The summed E-state index contributed by atoms with van der Waals surface area (Å²) < 4.78 is 1.61. The molecule has 0 aliphatic heterocycles. The summed E-state index contributed by atoms with van der Waals surface area (Å²) in [4.78, 5) is 27.3. The Labute approximate surface area is 143 Å². The number of carbonyl (C=O) groups is 2. The van der Waals surface area contributed by atoms with Crippen molar-refractivity contribution in [2.24, 2.45) is 0 Å². The molecule has 0 unspecified atom stereocenters. The van der Waals surface area contributed by atoms with E-state index in [1.807, 2.05) is 18.2 Å². The summed E-state index contributed by atoms with van der Waals surface area (Å²) in [7, 11) is 0. The van der Waals surface area contributed by atoms with Crippen molar-refractivity contribution < 1.29 is 14.7 Å². The first-order valence-electron chi connectivity index (χ1n) is 7.70. The standard InChI is InChI=1S/C16H17ClN4O3/c1-9(8-13(22)23)18-16(24)14-19-15(10-6-7-10)21(20-14)12-5-3-2-4-11(12)17/h2-5,9-10H,6-8H2,1H3,(H,18,24)(H,22,23)/t9-/m1/s1. The number of carboxylic acid groups (broad SMARTS) is 1. The number of benzene rings is 1. The Balaban J connectivity index is 1.88. The fourth-order valence-electron chi connectivity index (χ4n) is 2.43. The molecule has 0 radical (unpaired) electrons. The van der Waals surface area contributed by atoms with Crippen LogP contribution in [0.4, 0.5) is 0 Å². The average molecular weight is 349 g/mol. The number of carbonyl (C=O) groups excluding carboxylic acids is 1. The van der Waals surface area contributed by atoms with Crippen molar-refractivity contribution in [3.63, 3.8) is 0 Å². The van der Waals surface area contributed by atoms with Gasteiger partial charge in [0.25, 0.3) is 5.91 Å². The van der Waals surface area contributed by atoms with Crippen molar-refractivity contribution in [1.82, 2.24) is 20.1 Å². The number of amides is 1. The summed E-state index contributed by atoms with van der Waals surface area (Å²) in [5, 5.41) is 16.2. The molecule has 1 aromatic carbocycles. The summed E-state index contributed by atoms with van der Waals surface area (Å²) >= 11 is 6.23. The molecule has 126 valence electrons. The van der Waals surface area contributed by atoms with Crippen LogP contribution in [-0.2, 0) is 4.79 Å². The zero-order valence-corrected chi connectivity index (χ0v) is 13.8. The Hall–Kier alpha value is -2.41. The number of nitrogens with zero attached hydrogens (tertiary/aromatic N) is 3. The molecule has 8 heteroatoms. The van der Waals surface area contributed by atoms with Crippen molar-refractivity contribution in [2.75, 3.05) is 0 Å². The molecule has 1 atom stereocenters. The SMILES string of the molecule is C[C@H](CC(=O)O)NC(=O)c1nc(C2CC2)n(-c2ccccc2Cl)n1. The van der Waals surface area contributed by atoms with E-state index < -0.39 is 17.9 Å². The molecule has 2 aromatic rings. The monoisotopic (exact) mass is 348 g/mol. The van der Waals surface area contributed by atoms with Crippen LogP contribution in [0.1, 0.15) is 48.5 Å². The van der Waals surface area contributed by atoms with Gasteiger partial charge >= 0.3 is 5.97 Å². The van der Waals surface area contributed by atoms with Crippen LogP contribution in [0.25, 0.3) is 5.69 Å². The molecule has 1 fully saturated rings. The summed E-state index contributed by atoms with van der Waals surface area (Å²) in [6.07, 6.45) is 1.84. The number of aliphatic carboxylic acids is 1. The van der Waals surface area contributed by atoms with Gasteiger partial charge < -0.3 is 10.4 Å². The van der Waals surface area contributed by atoms with Crippen LogP contribution in [0.5, 0.6) is 0 Å². The van der Waals surface area contributed by atoms with Gasteiger partial charge in [-0.15, -0.1) is 5.10 Å². The maximum atomic E-state index is 12.3. The van der Waals surface area contributed by atoms with Crippen LogP contribution in [0.3, 0.4) is 0 Å². The Kier molecular flexibility index (Phi) is 4.53. The molecular weight excluding hydrogens is 332 g/mol. The fourth-order valence-corrected chi connectivity index (χ4v) is 2.64. The van der Waals surface area contributed by atoms with E-state index in [0.29, 0.717) is 16.5 Å². The molecule has 1 saturated carbocycles. The highest BCUT2D eigenvalue weighted by Gasteiger charge is 2.32. The van der Waals surface area contributed by atoms with E-state index in [-0.39, 0.29) is 18.2 Å². The third-order valence-electron chi connectivity index (χ3n) is 3.72. The summed E-state index contributed by atoms with van der Waals surface area (Å²) in [5.41, 5.74) is 0.672. The van der Waals surface area contributed by atoms with E-state index in [0.717, 1.165) is 12.8 Å². The molecule has 0 spiro atoms. The maximum absolute atomic E-state index is 12.3. The Bertz CT molecular complexity index is 785. The van der Waals surface area contributed by atoms with Crippen molar-refractivity contribution in [3.05, 3.63) is 40.9 Å². The van der Waals surface area contributed by atoms with Crippen LogP contribution < -0.4 is 5.32 Å². The van der Waals surface area contributed by atoms with E-state index in [9.17, 15) is 9.59 Å². The van der Waals surface area contributed by atoms with Gasteiger partial charge in [-0.3, -0.25) is 9.59 Å². The molecule has 1 aliphatic carbocycles. The topological polar surface area (TPSA) is 97.1 Å². The number of aromatic nitrogens is 3. The molecule has 24 heavy (non-hydrogen) atoms. The van der Waals surface area contributed by atoms with Crippen LogP contribution in [0.2, 0.25) is 5.02 Å². The second kappa shape index (κ2) is 6.60. The van der Waals surface area contributed by atoms with Crippen LogP contribution in [-0.4, -0.2) is 37.8 Å². The van der Waals surface area contributed by atoms with E-state index in [2.05, 4.69) is 15.4 Å². The Morgan fingerprint density at radius 3 is 2.75 bits per heavy atom. The van der Waals surface area contributed by atoms with E-state index in [4.69, 9.17) is 16.7 Å². The minimum absolute atomic E-state index is 0.0223. The van der Waals surface area contributed by atoms with Gasteiger partial charge in [-0.1, -0.05) is 23.7 Å². The van der Waals surface area contributed by atoms with Crippen molar-refractivity contribution in [3.8, 4) is 5.69 Å². The predicted molar refractivity (Wildman–Crippen MR) is 87.5 cm³/mol. The van der Waals surface area contributed by atoms with Gasteiger partial charge in [0.05, 0.1) is 17.1 Å². The second-order valence-electron chi connectivity index (χ2n) is 5.90. The van der Waals surface area contributed by atoms with Gasteiger partial charge in [-0.2, -0.15) is 0 Å². The predicted octanol–water partition coefficient (Wildman–Crippen LogP) is 2.39. The number of nitrogens with one attached hydrogen (secondary N) is 1. The van der Waals surface area contributed by atoms with Gasteiger partial charge in [0.15, 0.2) is 0 Å². The van der Waals surface area contributed by atoms with Crippen molar-refractivity contribution >= 4 is 23.5 Å². The second-order valence-corrected chi connectivity index (χ2v) is 6.31. The highest BCUT2D eigenvalue weighted by atomic mass is 35.5. The highest BCUT2D eigenvalue weighted by Crippen LogP contribution is 2.40. The molecule has 0 bridgehead atoms. The first-order valence-corrected chi connectivity index (χ1v) is 8.08. The zero-order chi connectivity index (χ0) is 17.3. The van der Waals surface area contributed by atoms with Crippen LogP contribution >= 0.6 is 11.6 Å². The molecule has 1 aromatic heterocycles. The molecule has 7 nitrogen and oxygen atoms in total. The molecule has 2 N–H and O–H groups in total. The van der Waals surface area contributed by atoms with Crippen molar-refractivity contribution in [1.29, 1.82) is 0 Å². The molecule has 0 saturated heterocycles.